The van der Waals surface area contributed by atoms with Gasteiger partial charge in [-0.15, -0.1) is 11.3 Å². The van der Waals surface area contributed by atoms with Crippen LogP contribution in [0, 0.1) is 0 Å². The van der Waals surface area contributed by atoms with Crippen molar-refractivity contribution in [1.82, 2.24) is 9.78 Å². The van der Waals surface area contributed by atoms with Crippen molar-refractivity contribution in [2.75, 3.05) is 7.11 Å². The van der Waals surface area contributed by atoms with Crippen LogP contribution in [0.25, 0.3) is 0 Å². The minimum absolute atomic E-state index is 0.0359. The summed E-state index contributed by atoms with van der Waals surface area (Å²) in [5, 5.41) is 5.93. The molecule has 2 heterocycles. The van der Waals surface area contributed by atoms with Gasteiger partial charge in [-0.1, -0.05) is 0 Å². The van der Waals surface area contributed by atoms with E-state index >= 15 is 0 Å². The molecule has 2 aromatic heterocycles. The number of nitrogens with zero attached hydrogens (tertiary/aromatic N) is 2. The number of hydrogen-bond acceptors (Lipinski definition) is 4. The smallest absolute Gasteiger partial charge is 0.224 e. The average molecular weight is 236 g/mol. The van der Waals surface area contributed by atoms with Gasteiger partial charge in [0.2, 0.25) is 5.78 Å². The van der Waals surface area contributed by atoms with Crippen LogP contribution in [-0.2, 0) is 6.54 Å². The number of thiophene rings is 1. The maximum Gasteiger partial charge on any atom is 0.224 e. The van der Waals surface area contributed by atoms with E-state index in [0.29, 0.717) is 22.9 Å². The summed E-state index contributed by atoms with van der Waals surface area (Å²) in [5.41, 5.74) is 0.600. The van der Waals surface area contributed by atoms with Crippen molar-refractivity contribution < 1.29 is 9.53 Å². The van der Waals surface area contributed by atoms with Crippen LogP contribution in [0.5, 0.6) is 5.75 Å². The molecule has 2 rings (SSSR count). The number of ketones is 1. The number of aryl methyl sites for hydroxylation is 1. The summed E-state index contributed by atoms with van der Waals surface area (Å²) in [6.45, 7) is 2.64. The van der Waals surface area contributed by atoms with Gasteiger partial charge in [0.1, 0.15) is 16.3 Å². The van der Waals surface area contributed by atoms with Crippen molar-refractivity contribution in [3.63, 3.8) is 0 Å². The Hall–Kier alpha value is -1.62. The van der Waals surface area contributed by atoms with Gasteiger partial charge in [-0.05, 0) is 24.4 Å². The first kappa shape index (κ1) is 10.9. The molecule has 0 aromatic carbocycles. The molecule has 0 radical (unpaired) electrons. The maximum atomic E-state index is 12.2. The standard InChI is InChI=1S/C11H12N2O2S/c1-3-13-8(4-6-12-13)10(14)11-9(15-2)5-7-16-11/h4-7H,3H2,1-2H3. The molecule has 0 saturated heterocycles. The lowest BCUT2D eigenvalue weighted by atomic mass is 10.2. The molecule has 0 spiro atoms. The van der Waals surface area contributed by atoms with E-state index in [0.717, 1.165) is 0 Å². The monoisotopic (exact) mass is 236 g/mol. The van der Waals surface area contributed by atoms with E-state index in [1.54, 1.807) is 30.1 Å². The average Bonchev–Trinajstić information content (AvgIpc) is 2.96. The summed E-state index contributed by atoms with van der Waals surface area (Å²) in [4.78, 5) is 12.8. The molecule has 16 heavy (non-hydrogen) atoms. The largest absolute Gasteiger partial charge is 0.495 e. The van der Waals surface area contributed by atoms with Crippen LogP contribution in [0.4, 0.5) is 0 Å². The highest BCUT2D eigenvalue weighted by molar-refractivity contribution is 7.12. The highest BCUT2D eigenvalue weighted by Gasteiger charge is 2.19. The summed E-state index contributed by atoms with van der Waals surface area (Å²) < 4.78 is 6.82. The van der Waals surface area contributed by atoms with Gasteiger partial charge < -0.3 is 4.74 Å². The van der Waals surface area contributed by atoms with Gasteiger partial charge in [-0.2, -0.15) is 5.10 Å². The minimum atomic E-state index is -0.0359. The van der Waals surface area contributed by atoms with Crippen LogP contribution in [0.2, 0.25) is 0 Å². The zero-order valence-electron chi connectivity index (χ0n) is 9.14. The van der Waals surface area contributed by atoms with E-state index in [2.05, 4.69) is 5.10 Å². The van der Waals surface area contributed by atoms with Gasteiger partial charge in [-0.3, -0.25) is 9.48 Å². The summed E-state index contributed by atoms with van der Waals surface area (Å²) >= 11 is 1.38. The van der Waals surface area contributed by atoms with Gasteiger partial charge in [0.25, 0.3) is 0 Å². The van der Waals surface area contributed by atoms with Gasteiger partial charge >= 0.3 is 0 Å². The number of hydrogen-bond donors (Lipinski definition) is 0. The topological polar surface area (TPSA) is 44.1 Å². The molecule has 0 aliphatic heterocycles. The Morgan fingerprint density at radius 1 is 1.56 bits per heavy atom. The fourth-order valence-electron chi connectivity index (χ4n) is 1.52. The lowest BCUT2D eigenvalue weighted by Gasteiger charge is -2.04. The molecule has 2 aromatic rings. The van der Waals surface area contributed by atoms with Crippen molar-refractivity contribution in [1.29, 1.82) is 0 Å². The van der Waals surface area contributed by atoms with E-state index in [9.17, 15) is 4.79 Å². The Balaban J connectivity index is 2.39. The molecule has 5 heteroatoms. The molecule has 0 saturated carbocycles. The van der Waals surface area contributed by atoms with Crippen molar-refractivity contribution >= 4 is 17.1 Å². The van der Waals surface area contributed by atoms with E-state index in [-0.39, 0.29) is 5.78 Å². The molecule has 4 nitrogen and oxygen atoms in total. The van der Waals surface area contributed by atoms with Crippen LogP contribution in [0.3, 0.4) is 0 Å². The normalized spacial score (nSPS) is 10.4. The maximum absolute atomic E-state index is 12.2. The third kappa shape index (κ3) is 1.74. The number of ether oxygens (including phenoxy) is 1. The lowest BCUT2D eigenvalue weighted by molar-refractivity contribution is 0.103. The minimum Gasteiger partial charge on any atom is -0.495 e. The quantitative estimate of drug-likeness (QED) is 0.764. The summed E-state index contributed by atoms with van der Waals surface area (Å²) in [5.74, 6) is 0.588. The van der Waals surface area contributed by atoms with E-state index < -0.39 is 0 Å². The Labute approximate surface area is 97.5 Å². The van der Waals surface area contributed by atoms with Crippen molar-refractivity contribution in [3.05, 3.63) is 34.3 Å². The van der Waals surface area contributed by atoms with Gasteiger partial charge in [0.15, 0.2) is 0 Å². The molecule has 0 amide bonds. The first-order valence-corrected chi connectivity index (χ1v) is 5.84. The van der Waals surface area contributed by atoms with Gasteiger partial charge in [0, 0.05) is 12.7 Å². The number of carbonyl (C=O) groups is 1. The van der Waals surface area contributed by atoms with Crippen molar-refractivity contribution in [3.8, 4) is 5.75 Å². The highest BCUT2D eigenvalue weighted by Crippen LogP contribution is 2.26. The summed E-state index contributed by atoms with van der Waals surface area (Å²) in [7, 11) is 1.57. The zero-order valence-corrected chi connectivity index (χ0v) is 9.95. The fourth-order valence-corrected chi connectivity index (χ4v) is 2.32. The van der Waals surface area contributed by atoms with Gasteiger partial charge in [0.05, 0.1) is 7.11 Å². The molecule has 0 bridgehead atoms. The summed E-state index contributed by atoms with van der Waals surface area (Å²) in [6, 6.07) is 3.52. The first-order chi connectivity index (χ1) is 7.77. The molecule has 0 aliphatic carbocycles. The highest BCUT2D eigenvalue weighted by atomic mass is 32.1. The van der Waals surface area contributed by atoms with Crippen molar-refractivity contribution in [2.24, 2.45) is 0 Å². The molecule has 0 fully saturated rings. The van der Waals surface area contributed by atoms with Gasteiger partial charge in [-0.25, -0.2) is 0 Å². The second kappa shape index (κ2) is 4.49. The first-order valence-electron chi connectivity index (χ1n) is 4.96. The van der Waals surface area contributed by atoms with E-state index in [1.165, 1.54) is 11.3 Å². The predicted octanol–water partition coefficient (Wildman–Crippen LogP) is 2.20. The second-order valence-corrected chi connectivity index (χ2v) is 4.10. The lowest BCUT2D eigenvalue weighted by Crippen LogP contribution is -2.10. The van der Waals surface area contributed by atoms with E-state index in [4.69, 9.17) is 4.74 Å². The Morgan fingerprint density at radius 2 is 2.38 bits per heavy atom. The van der Waals surface area contributed by atoms with Crippen LogP contribution in [-0.4, -0.2) is 22.7 Å². The number of carbonyl (C=O) groups excluding carboxylic acids is 1. The Morgan fingerprint density at radius 3 is 3.06 bits per heavy atom. The number of methoxy groups -OCH3 is 1. The van der Waals surface area contributed by atoms with Crippen molar-refractivity contribution in [2.45, 2.75) is 13.5 Å². The molecule has 0 unspecified atom stereocenters. The second-order valence-electron chi connectivity index (χ2n) is 3.18. The Kier molecular flexibility index (Phi) is 3.05. The van der Waals surface area contributed by atoms with Crippen LogP contribution in [0.15, 0.2) is 23.7 Å². The SMILES string of the molecule is CCn1nccc1C(=O)c1sccc1OC. The molecule has 0 N–H and O–H groups in total. The number of rotatable bonds is 4. The third-order valence-electron chi connectivity index (χ3n) is 2.30. The van der Waals surface area contributed by atoms with Crippen LogP contribution < -0.4 is 4.74 Å². The molecular formula is C11H12N2O2S. The fraction of sp³-hybridized carbons (Fsp3) is 0.273. The molecular weight excluding hydrogens is 224 g/mol. The van der Waals surface area contributed by atoms with E-state index in [1.807, 2.05) is 12.3 Å². The number of aromatic nitrogens is 2. The third-order valence-corrected chi connectivity index (χ3v) is 3.20. The molecule has 84 valence electrons. The Bertz CT molecular complexity index is 457. The predicted molar refractivity (Wildman–Crippen MR) is 62.2 cm³/mol. The molecule has 0 atom stereocenters. The zero-order chi connectivity index (χ0) is 11.5. The molecule has 0 aliphatic rings. The summed E-state index contributed by atoms with van der Waals surface area (Å²) in [6.07, 6.45) is 1.64. The van der Waals surface area contributed by atoms with Crippen LogP contribution in [0.1, 0.15) is 22.3 Å². The van der Waals surface area contributed by atoms with Crippen LogP contribution >= 0.6 is 11.3 Å².